The number of ether oxygens (including phenoxy) is 1. The monoisotopic (exact) mass is 381 g/mol. The Morgan fingerprint density at radius 2 is 2.04 bits per heavy atom. The maximum atomic E-state index is 13.5. The Bertz CT molecular complexity index is 595. The topological polar surface area (TPSA) is 45.7 Å². The van der Waals surface area contributed by atoms with Crippen molar-refractivity contribution in [1.82, 2.24) is 10.6 Å². The van der Waals surface area contributed by atoms with Crippen LogP contribution in [0.4, 0.5) is 4.39 Å². The third kappa shape index (κ3) is 5.88. The van der Waals surface area contributed by atoms with Crippen molar-refractivity contribution in [2.45, 2.75) is 43.8 Å². The predicted octanol–water partition coefficient (Wildman–Crippen LogP) is 3.57. The van der Waals surface area contributed by atoms with Crippen molar-refractivity contribution in [3.8, 4) is 0 Å². The molecule has 6 heteroatoms. The lowest BCUT2D eigenvalue weighted by atomic mass is 9.84. The Kier molecular flexibility index (Phi) is 7.77. The van der Waals surface area contributed by atoms with Crippen LogP contribution in [0.5, 0.6) is 0 Å². The highest BCUT2D eigenvalue weighted by molar-refractivity contribution is 8.00. The minimum Gasteiger partial charge on any atom is -0.381 e. The largest absolute Gasteiger partial charge is 0.381 e. The molecule has 0 bridgehead atoms. The summed E-state index contributed by atoms with van der Waals surface area (Å²) >= 11 is 2.01. The second kappa shape index (κ2) is 9.60. The van der Waals surface area contributed by atoms with Crippen LogP contribution in [-0.2, 0) is 10.2 Å². The Hall–Kier alpha value is -1.27. The van der Waals surface area contributed by atoms with Gasteiger partial charge in [0.15, 0.2) is 5.96 Å². The van der Waals surface area contributed by atoms with E-state index in [-0.39, 0.29) is 16.0 Å². The van der Waals surface area contributed by atoms with Gasteiger partial charge in [-0.3, -0.25) is 4.99 Å². The van der Waals surface area contributed by atoms with Gasteiger partial charge < -0.3 is 15.4 Å². The summed E-state index contributed by atoms with van der Waals surface area (Å²) in [7, 11) is 1.79. The van der Waals surface area contributed by atoms with Gasteiger partial charge in [-0.1, -0.05) is 32.9 Å². The Balaban J connectivity index is 1.92. The van der Waals surface area contributed by atoms with E-state index in [1.807, 2.05) is 17.8 Å². The number of benzene rings is 1. The van der Waals surface area contributed by atoms with Crippen LogP contribution in [0.25, 0.3) is 0 Å². The molecule has 26 heavy (non-hydrogen) atoms. The minimum atomic E-state index is -0.200. The first-order valence-corrected chi connectivity index (χ1v) is 10.3. The zero-order valence-electron chi connectivity index (χ0n) is 16.4. The zero-order chi connectivity index (χ0) is 19.0. The van der Waals surface area contributed by atoms with Gasteiger partial charge in [-0.15, -0.1) is 0 Å². The van der Waals surface area contributed by atoms with Crippen molar-refractivity contribution in [2.75, 3.05) is 39.1 Å². The van der Waals surface area contributed by atoms with Crippen molar-refractivity contribution in [2.24, 2.45) is 4.99 Å². The van der Waals surface area contributed by atoms with Crippen LogP contribution >= 0.6 is 11.8 Å². The van der Waals surface area contributed by atoms with E-state index in [0.717, 1.165) is 49.9 Å². The molecule has 2 N–H and O–H groups in total. The Morgan fingerprint density at radius 1 is 1.31 bits per heavy atom. The van der Waals surface area contributed by atoms with E-state index in [1.165, 1.54) is 6.07 Å². The molecular formula is C20H32FN3OS. The molecule has 1 aliphatic rings. The van der Waals surface area contributed by atoms with E-state index in [0.29, 0.717) is 6.54 Å². The highest BCUT2D eigenvalue weighted by atomic mass is 32.2. The Morgan fingerprint density at radius 3 is 2.65 bits per heavy atom. The van der Waals surface area contributed by atoms with Gasteiger partial charge in [0.25, 0.3) is 0 Å². The van der Waals surface area contributed by atoms with Crippen LogP contribution in [0.15, 0.2) is 29.3 Å². The van der Waals surface area contributed by atoms with Gasteiger partial charge >= 0.3 is 0 Å². The highest BCUT2D eigenvalue weighted by Crippen LogP contribution is 2.34. The lowest BCUT2D eigenvalue weighted by Gasteiger charge is -2.37. The molecule has 0 aliphatic carbocycles. The quantitative estimate of drug-likeness (QED) is 0.560. The molecule has 0 unspecified atom stereocenters. The molecule has 1 aromatic carbocycles. The summed E-state index contributed by atoms with van der Waals surface area (Å²) in [5.41, 5.74) is 0.775. The average molecular weight is 382 g/mol. The number of aliphatic imine (C=N–C) groups is 1. The number of halogens is 1. The summed E-state index contributed by atoms with van der Waals surface area (Å²) in [5.74, 6) is 1.69. The number of thioether (sulfide) groups is 1. The van der Waals surface area contributed by atoms with E-state index >= 15 is 0 Å². The SMILES string of the molecule is CCSC1(CNC(=NC)NCC(C)(C)c2cccc(F)c2)CCOCC1. The highest BCUT2D eigenvalue weighted by Gasteiger charge is 2.33. The summed E-state index contributed by atoms with van der Waals surface area (Å²) in [4.78, 5) is 4.36. The van der Waals surface area contributed by atoms with Gasteiger partial charge in [0.05, 0.1) is 0 Å². The number of hydrogen-bond donors (Lipinski definition) is 2. The van der Waals surface area contributed by atoms with Crippen LogP contribution in [0.2, 0.25) is 0 Å². The van der Waals surface area contributed by atoms with Gasteiger partial charge in [-0.25, -0.2) is 4.39 Å². The predicted molar refractivity (Wildman–Crippen MR) is 110 cm³/mol. The molecule has 146 valence electrons. The van der Waals surface area contributed by atoms with Gasteiger partial charge in [-0.05, 0) is 36.3 Å². The zero-order valence-corrected chi connectivity index (χ0v) is 17.2. The molecule has 0 atom stereocenters. The molecule has 4 nitrogen and oxygen atoms in total. The Labute approximate surface area is 161 Å². The number of rotatable bonds is 7. The number of nitrogens with zero attached hydrogens (tertiary/aromatic N) is 1. The van der Waals surface area contributed by atoms with E-state index in [2.05, 4.69) is 36.4 Å². The normalized spacial score (nSPS) is 17.8. The molecule has 0 radical (unpaired) electrons. The molecule has 0 spiro atoms. The number of guanidine groups is 1. The molecule has 0 aromatic heterocycles. The molecular weight excluding hydrogens is 349 g/mol. The molecule has 1 saturated heterocycles. The van der Waals surface area contributed by atoms with E-state index < -0.39 is 0 Å². The summed E-state index contributed by atoms with van der Waals surface area (Å²) in [6.45, 7) is 9.61. The van der Waals surface area contributed by atoms with Crippen molar-refractivity contribution >= 4 is 17.7 Å². The number of hydrogen-bond acceptors (Lipinski definition) is 3. The molecule has 0 amide bonds. The van der Waals surface area contributed by atoms with Crippen molar-refractivity contribution < 1.29 is 9.13 Å². The molecule has 1 fully saturated rings. The molecule has 0 saturated carbocycles. The average Bonchev–Trinajstić information content (AvgIpc) is 2.63. The molecule has 1 aromatic rings. The fraction of sp³-hybridized carbons (Fsp3) is 0.650. The second-order valence-corrected chi connectivity index (χ2v) is 9.13. The lowest BCUT2D eigenvalue weighted by Crippen LogP contribution is -2.50. The van der Waals surface area contributed by atoms with E-state index in [4.69, 9.17) is 4.74 Å². The molecule has 1 heterocycles. The van der Waals surface area contributed by atoms with Gasteiger partial charge in [0.1, 0.15) is 5.82 Å². The fourth-order valence-electron chi connectivity index (χ4n) is 3.20. The third-order valence-corrected chi connectivity index (χ3v) is 6.41. The first kappa shape index (κ1) is 21.0. The third-order valence-electron chi connectivity index (χ3n) is 4.96. The minimum absolute atomic E-state index is 0.198. The first-order valence-electron chi connectivity index (χ1n) is 9.33. The molecule has 1 aliphatic heterocycles. The van der Waals surface area contributed by atoms with Gasteiger partial charge in [0, 0.05) is 43.5 Å². The smallest absolute Gasteiger partial charge is 0.191 e. The van der Waals surface area contributed by atoms with Crippen LogP contribution < -0.4 is 10.6 Å². The summed E-state index contributed by atoms with van der Waals surface area (Å²) in [6, 6.07) is 6.81. The van der Waals surface area contributed by atoms with Gasteiger partial charge in [0.2, 0.25) is 0 Å². The summed E-state index contributed by atoms with van der Waals surface area (Å²) < 4.78 is 19.3. The van der Waals surface area contributed by atoms with Crippen molar-refractivity contribution in [3.05, 3.63) is 35.6 Å². The second-order valence-electron chi connectivity index (χ2n) is 7.40. The van der Waals surface area contributed by atoms with Crippen LogP contribution in [0.3, 0.4) is 0 Å². The van der Waals surface area contributed by atoms with Crippen molar-refractivity contribution in [1.29, 1.82) is 0 Å². The fourth-order valence-corrected chi connectivity index (χ4v) is 4.45. The van der Waals surface area contributed by atoms with Crippen LogP contribution in [-0.4, -0.2) is 49.8 Å². The molecule has 2 rings (SSSR count). The first-order chi connectivity index (χ1) is 12.4. The summed E-state index contributed by atoms with van der Waals surface area (Å²) in [5, 5.41) is 6.89. The van der Waals surface area contributed by atoms with Crippen molar-refractivity contribution in [3.63, 3.8) is 0 Å². The van der Waals surface area contributed by atoms with E-state index in [1.54, 1.807) is 19.2 Å². The summed E-state index contributed by atoms with van der Waals surface area (Å²) in [6.07, 6.45) is 2.12. The van der Waals surface area contributed by atoms with E-state index in [9.17, 15) is 4.39 Å². The maximum Gasteiger partial charge on any atom is 0.191 e. The lowest BCUT2D eigenvalue weighted by molar-refractivity contribution is 0.0782. The number of nitrogens with one attached hydrogen (secondary N) is 2. The van der Waals surface area contributed by atoms with Crippen LogP contribution in [0, 0.1) is 5.82 Å². The van der Waals surface area contributed by atoms with Crippen LogP contribution in [0.1, 0.15) is 39.2 Å². The standard InChI is InChI=1S/C20H32FN3OS/c1-5-26-20(9-11-25-12-10-20)15-24-18(22-4)23-14-19(2,3)16-7-6-8-17(21)13-16/h6-8,13H,5,9-12,14-15H2,1-4H3,(H2,22,23,24). The van der Waals surface area contributed by atoms with Gasteiger partial charge in [-0.2, -0.15) is 11.8 Å². The maximum absolute atomic E-state index is 13.5.